The monoisotopic (exact) mass is 675 g/mol. The fourth-order valence-corrected chi connectivity index (χ4v) is 6.51. The standard InChI is InChI=1S/C33H39Cl2N3O6S/c1-4-23(2)36-33(40)29(20-24-10-6-5-7-11-24)37(22-26-27(34)12-8-13-28(26)35)32(39)14-9-17-38(45(3,41)42)25-15-16-30-31(21-25)44-19-18-43-30/h5-8,10-13,15-16,21,23,29H,4,9,14,17-20,22H2,1-3H3,(H,36,40)/t23-,29-/m0/s1. The Bertz CT molecular complexity index is 1570. The van der Waals surface area contributed by atoms with Gasteiger partial charge in [-0.2, -0.15) is 0 Å². The van der Waals surface area contributed by atoms with E-state index in [2.05, 4.69) is 5.32 Å². The molecule has 0 aromatic heterocycles. The van der Waals surface area contributed by atoms with Crippen LogP contribution >= 0.6 is 23.2 Å². The molecular formula is C33H39Cl2N3O6S. The Morgan fingerprint density at radius 1 is 0.956 bits per heavy atom. The van der Waals surface area contributed by atoms with Gasteiger partial charge in [-0.3, -0.25) is 13.9 Å². The number of anilines is 1. The number of fused-ring (bicyclic) bond motifs is 1. The maximum absolute atomic E-state index is 14.1. The van der Waals surface area contributed by atoms with E-state index < -0.39 is 16.1 Å². The molecule has 0 radical (unpaired) electrons. The third kappa shape index (κ3) is 9.28. The number of benzene rings is 3. The summed E-state index contributed by atoms with van der Waals surface area (Å²) in [5.41, 5.74) is 1.81. The van der Waals surface area contributed by atoms with Gasteiger partial charge in [-0.1, -0.05) is 66.5 Å². The topological polar surface area (TPSA) is 105 Å². The van der Waals surface area contributed by atoms with Crippen molar-refractivity contribution in [2.45, 2.75) is 58.2 Å². The molecule has 3 aromatic carbocycles. The lowest BCUT2D eigenvalue weighted by atomic mass is 10.0. The Morgan fingerprint density at radius 3 is 2.27 bits per heavy atom. The average molecular weight is 677 g/mol. The van der Waals surface area contributed by atoms with Gasteiger partial charge in [0, 0.05) is 53.6 Å². The summed E-state index contributed by atoms with van der Waals surface area (Å²) in [6.45, 7) is 4.70. The van der Waals surface area contributed by atoms with E-state index in [1.807, 2.05) is 44.2 Å². The first-order valence-corrected chi connectivity index (χ1v) is 17.5. The second-order valence-corrected chi connectivity index (χ2v) is 13.7. The zero-order valence-electron chi connectivity index (χ0n) is 25.7. The molecule has 0 saturated carbocycles. The molecule has 9 nitrogen and oxygen atoms in total. The molecule has 242 valence electrons. The number of nitrogens with zero attached hydrogens (tertiary/aromatic N) is 2. The van der Waals surface area contributed by atoms with E-state index in [9.17, 15) is 18.0 Å². The van der Waals surface area contributed by atoms with Crippen LogP contribution < -0.4 is 19.1 Å². The number of carbonyl (C=O) groups excluding carboxylic acids is 2. The van der Waals surface area contributed by atoms with Crippen molar-refractivity contribution in [2.24, 2.45) is 0 Å². The molecule has 1 aliphatic rings. The highest BCUT2D eigenvalue weighted by atomic mass is 35.5. The van der Waals surface area contributed by atoms with Crippen molar-refractivity contribution in [3.63, 3.8) is 0 Å². The molecular weight excluding hydrogens is 637 g/mol. The highest BCUT2D eigenvalue weighted by Crippen LogP contribution is 2.35. The van der Waals surface area contributed by atoms with E-state index in [1.54, 1.807) is 36.4 Å². The summed E-state index contributed by atoms with van der Waals surface area (Å²) in [5, 5.41) is 3.79. The van der Waals surface area contributed by atoms with Crippen LogP contribution in [0, 0.1) is 0 Å². The van der Waals surface area contributed by atoms with Crippen LogP contribution in [0.1, 0.15) is 44.2 Å². The second-order valence-electron chi connectivity index (χ2n) is 11.0. The summed E-state index contributed by atoms with van der Waals surface area (Å²) in [6, 6.07) is 18.5. The predicted molar refractivity (Wildman–Crippen MR) is 178 cm³/mol. The Morgan fingerprint density at radius 2 is 1.62 bits per heavy atom. The highest BCUT2D eigenvalue weighted by Gasteiger charge is 2.32. The number of rotatable bonds is 14. The lowest BCUT2D eigenvalue weighted by Gasteiger charge is -2.33. The predicted octanol–water partition coefficient (Wildman–Crippen LogP) is 5.87. The molecule has 1 heterocycles. The van der Waals surface area contributed by atoms with Crippen LogP contribution in [-0.4, -0.2) is 63.2 Å². The van der Waals surface area contributed by atoms with Crippen LogP contribution in [0.3, 0.4) is 0 Å². The van der Waals surface area contributed by atoms with Gasteiger partial charge in [0.1, 0.15) is 19.3 Å². The van der Waals surface area contributed by atoms with Crippen LogP contribution in [-0.2, 0) is 32.6 Å². The summed E-state index contributed by atoms with van der Waals surface area (Å²) >= 11 is 13.1. The molecule has 1 aliphatic heterocycles. The van der Waals surface area contributed by atoms with Crippen molar-refractivity contribution in [3.8, 4) is 11.5 Å². The van der Waals surface area contributed by atoms with Gasteiger partial charge in [-0.15, -0.1) is 0 Å². The van der Waals surface area contributed by atoms with Crippen LogP contribution in [0.4, 0.5) is 5.69 Å². The summed E-state index contributed by atoms with van der Waals surface area (Å²) < 4.78 is 38.1. The van der Waals surface area contributed by atoms with Gasteiger partial charge >= 0.3 is 0 Å². The second kappa shape index (κ2) is 15.7. The lowest BCUT2D eigenvalue weighted by molar-refractivity contribution is -0.141. The van der Waals surface area contributed by atoms with Gasteiger partial charge in [-0.05, 0) is 49.6 Å². The Kier molecular flexibility index (Phi) is 12.0. The molecule has 0 saturated heterocycles. The molecule has 0 fully saturated rings. The Hall–Kier alpha value is -3.47. The van der Waals surface area contributed by atoms with Crippen LogP contribution in [0.5, 0.6) is 11.5 Å². The van der Waals surface area contributed by atoms with E-state index in [-0.39, 0.29) is 50.2 Å². The zero-order chi connectivity index (χ0) is 32.6. The molecule has 12 heteroatoms. The van der Waals surface area contributed by atoms with Gasteiger partial charge in [0.05, 0.1) is 11.9 Å². The lowest BCUT2D eigenvalue weighted by Crippen LogP contribution is -2.52. The number of nitrogens with one attached hydrogen (secondary N) is 1. The van der Waals surface area contributed by atoms with E-state index in [1.165, 1.54) is 9.21 Å². The van der Waals surface area contributed by atoms with Crippen LogP contribution in [0.15, 0.2) is 66.7 Å². The molecule has 3 aromatic rings. The molecule has 0 aliphatic carbocycles. The SMILES string of the molecule is CC[C@H](C)NC(=O)[C@H](Cc1ccccc1)N(Cc1c(Cl)cccc1Cl)C(=O)CCCN(c1ccc2c(c1)OCCO2)S(C)(=O)=O. The third-order valence-corrected chi connectivity index (χ3v) is 9.53. The first-order chi connectivity index (χ1) is 21.5. The van der Waals surface area contributed by atoms with Crippen molar-refractivity contribution >= 4 is 50.7 Å². The van der Waals surface area contributed by atoms with Crippen LogP contribution in [0.25, 0.3) is 0 Å². The van der Waals surface area contributed by atoms with E-state index in [0.717, 1.165) is 18.2 Å². The number of carbonyl (C=O) groups is 2. The van der Waals surface area contributed by atoms with Crippen molar-refractivity contribution < 1.29 is 27.5 Å². The van der Waals surface area contributed by atoms with Gasteiger partial charge in [0.15, 0.2) is 11.5 Å². The van der Waals surface area contributed by atoms with E-state index in [4.69, 9.17) is 32.7 Å². The molecule has 1 N–H and O–H groups in total. The fraction of sp³-hybridized carbons (Fsp3) is 0.394. The molecule has 2 atom stereocenters. The van der Waals surface area contributed by atoms with Gasteiger partial charge < -0.3 is 19.7 Å². The average Bonchev–Trinajstić information content (AvgIpc) is 3.01. The number of amides is 2. The van der Waals surface area contributed by atoms with Crippen molar-refractivity contribution in [1.29, 1.82) is 0 Å². The minimum absolute atomic E-state index is 0.000712. The maximum atomic E-state index is 14.1. The van der Waals surface area contributed by atoms with Gasteiger partial charge in [0.25, 0.3) is 0 Å². The minimum atomic E-state index is -3.70. The first-order valence-electron chi connectivity index (χ1n) is 14.9. The molecule has 0 spiro atoms. The highest BCUT2D eigenvalue weighted by molar-refractivity contribution is 7.92. The molecule has 45 heavy (non-hydrogen) atoms. The summed E-state index contributed by atoms with van der Waals surface area (Å²) in [7, 11) is -3.70. The van der Waals surface area contributed by atoms with Gasteiger partial charge in [0.2, 0.25) is 21.8 Å². The zero-order valence-corrected chi connectivity index (χ0v) is 28.0. The Balaban J connectivity index is 1.61. The number of ether oxygens (including phenoxy) is 2. The largest absolute Gasteiger partial charge is 0.486 e. The number of halogens is 2. The fourth-order valence-electron chi connectivity index (χ4n) is 5.04. The number of hydrogen-bond donors (Lipinski definition) is 1. The van der Waals surface area contributed by atoms with Crippen molar-refractivity contribution in [3.05, 3.63) is 87.9 Å². The molecule has 0 bridgehead atoms. The molecule has 2 amide bonds. The number of sulfonamides is 1. The molecule has 0 unspecified atom stereocenters. The summed E-state index contributed by atoms with van der Waals surface area (Å²) in [4.78, 5) is 29.3. The third-order valence-electron chi connectivity index (χ3n) is 7.63. The summed E-state index contributed by atoms with van der Waals surface area (Å²) in [5.74, 6) is 0.380. The van der Waals surface area contributed by atoms with E-state index >= 15 is 0 Å². The maximum Gasteiger partial charge on any atom is 0.243 e. The smallest absolute Gasteiger partial charge is 0.243 e. The normalized spacial score (nSPS) is 13.9. The summed E-state index contributed by atoms with van der Waals surface area (Å²) in [6.07, 6.45) is 2.27. The Labute approximate surface area is 275 Å². The van der Waals surface area contributed by atoms with Crippen molar-refractivity contribution in [2.75, 3.05) is 30.3 Å². The molecule has 4 rings (SSSR count). The van der Waals surface area contributed by atoms with Crippen molar-refractivity contribution in [1.82, 2.24) is 10.2 Å². The van der Waals surface area contributed by atoms with E-state index in [0.29, 0.717) is 46.0 Å². The van der Waals surface area contributed by atoms with Crippen LogP contribution in [0.2, 0.25) is 10.0 Å². The minimum Gasteiger partial charge on any atom is -0.486 e. The first kappa shape index (κ1) is 34.4. The number of hydrogen-bond acceptors (Lipinski definition) is 6. The van der Waals surface area contributed by atoms with Gasteiger partial charge in [-0.25, -0.2) is 8.42 Å². The quantitative estimate of drug-likeness (QED) is 0.229.